The fourth-order valence-corrected chi connectivity index (χ4v) is 3.01. The van der Waals surface area contributed by atoms with E-state index in [1.165, 1.54) is 0 Å². The van der Waals surface area contributed by atoms with Crippen molar-refractivity contribution in [2.75, 3.05) is 26.2 Å². The molecule has 1 heterocycles. The first kappa shape index (κ1) is 16.0. The molecule has 1 aliphatic rings. The van der Waals surface area contributed by atoms with Gasteiger partial charge in [-0.3, -0.25) is 9.69 Å². The molecule has 1 aliphatic heterocycles. The van der Waals surface area contributed by atoms with Crippen LogP contribution in [-0.4, -0.2) is 43.0 Å². The van der Waals surface area contributed by atoms with Gasteiger partial charge in [-0.2, -0.15) is 0 Å². The lowest BCUT2D eigenvalue weighted by atomic mass is 10.0. The number of nitrogens with zero attached hydrogens (tertiary/aromatic N) is 1. The van der Waals surface area contributed by atoms with Gasteiger partial charge >= 0.3 is 0 Å². The lowest BCUT2D eigenvalue weighted by Crippen LogP contribution is -2.49. The van der Waals surface area contributed by atoms with E-state index in [4.69, 9.17) is 0 Å². The summed E-state index contributed by atoms with van der Waals surface area (Å²) in [5, 5.41) is 6.57. The average Bonchev–Trinajstić information content (AvgIpc) is 2.54. The van der Waals surface area contributed by atoms with Crippen molar-refractivity contribution in [2.45, 2.75) is 38.8 Å². The van der Waals surface area contributed by atoms with Gasteiger partial charge in [0.25, 0.3) is 0 Å². The molecule has 1 aromatic rings. The first-order valence-corrected chi connectivity index (χ1v) is 8.06. The number of carbonyl (C=O) groups excluding carboxylic acids is 1. The average molecular weight is 289 g/mol. The quantitative estimate of drug-likeness (QED) is 0.841. The third kappa shape index (κ3) is 4.29. The number of rotatable bonds is 6. The van der Waals surface area contributed by atoms with Crippen LogP contribution in [0.2, 0.25) is 0 Å². The Hall–Kier alpha value is -1.39. The largest absolute Gasteiger partial charge is 0.350 e. The highest BCUT2D eigenvalue weighted by atomic mass is 16.2. The standard InChI is InChI=1S/C17H27N3O/c1-3-20(4-2)16(14-9-6-5-7-10-14)17(21)19-15-11-8-12-18-13-15/h5-7,9-10,15-16,18H,3-4,8,11-13H2,1-2H3,(H,19,21). The molecule has 0 aromatic heterocycles. The summed E-state index contributed by atoms with van der Waals surface area (Å²) in [5.41, 5.74) is 1.07. The summed E-state index contributed by atoms with van der Waals surface area (Å²) in [6.07, 6.45) is 2.20. The van der Waals surface area contributed by atoms with Gasteiger partial charge in [0, 0.05) is 12.6 Å². The lowest BCUT2D eigenvalue weighted by molar-refractivity contribution is -0.127. The maximum absolute atomic E-state index is 12.8. The molecule has 0 aliphatic carbocycles. The topological polar surface area (TPSA) is 44.4 Å². The number of hydrogen-bond donors (Lipinski definition) is 2. The summed E-state index contributed by atoms with van der Waals surface area (Å²) in [4.78, 5) is 15.0. The second-order valence-electron chi connectivity index (χ2n) is 5.59. The van der Waals surface area contributed by atoms with Gasteiger partial charge in [-0.25, -0.2) is 0 Å². The third-order valence-corrected chi connectivity index (χ3v) is 4.18. The van der Waals surface area contributed by atoms with Gasteiger partial charge in [-0.05, 0) is 38.0 Å². The van der Waals surface area contributed by atoms with Crippen molar-refractivity contribution >= 4 is 5.91 Å². The minimum atomic E-state index is -0.192. The van der Waals surface area contributed by atoms with E-state index in [1.807, 2.05) is 30.3 Å². The van der Waals surface area contributed by atoms with Crippen LogP contribution >= 0.6 is 0 Å². The highest BCUT2D eigenvalue weighted by molar-refractivity contribution is 5.83. The Balaban J connectivity index is 2.12. The van der Waals surface area contributed by atoms with Crippen LogP contribution in [0.4, 0.5) is 0 Å². The zero-order valence-electron chi connectivity index (χ0n) is 13.1. The fourth-order valence-electron chi connectivity index (χ4n) is 3.01. The van der Waals surface area contributed by atoms with Crippen LogP contribution in [0.5, 0.6) is 0 Å². The van der Waals surface area contributed by atoms with Gasteiger partial charge in [-0.1, -0.05) is 44.2 Å². The summed E-state index contributed by atoms with van der Waals surface area (Å²) < 4.78 is 0. The summed E-state index contributed by atoms with van der Waals surface area (Å²) in [6, 6.07) is 10.1. The number of carbonyl (C=O) groups is 1. The number of nitrogens with one attached hydrogen (secondary N) is 2. The molecule has 116 valence electrons. The Labute approximate surface area is 127 Å². The SMILES string of the molecule is CCN(CC)C(C(=O)NC1CCCNC1)c1ccccc1. The molecular weight excluding hydrogens is 262 g/mol. The second-order valence-corrected chi connectivity index (χ2v) is 5.59. The van der Waals surface area contributed by atoms with Crippen molar-refractivity contribution < 1.29 is 4.79 Å². The molecule has 1 fully saturated rings. The van der Waals surface area contributed by atoms with Gasteiger partial charge < -0.3 is 10.6 Å². The van der Waals surface area contributed by atoms with E-state index >= 15 is 0 Å². The first-order chi connectivity index (χ1) is 10.3. The third-order valence-electron chi connectivity index (χ3n) is 4.18. The molecule has 1 amide bonds. The van der Waals surface area contributed by atoms with Crippen molar-refractivity contribution in [3.63, 3.8) is 0 Å². The van der Waals surface area contributed by atoms with Crippen molar-refractivity contribution in [3.05, 3.63) is 35.9 Å². The molecule has 1 aromatic carbocycles. The zero-order chi connectivity index (χ0) is 15.1. The van der Waals surface area contributed by atoms with Gasteiger partial charge in [0.1, 0.15) is 6.04 Å². The highest BCUT2D eigenvalue weighted by Crippen LogP contribution is 2.21. The van der Waals surface area contributed by atoms with Crippen LogP contribution in [-0.2, 0) is 4.79 Å². The van der Waals surface area contributed by atoms with E-state index in [0.29, 0.717) is 0 Å². The van der Waals surface area contributed by atoms with Crippen LogP contribution in [0.15, 0.2) is 30.3 Å². The van der Waals surface area contributed by atoms with Crippen molar-refractivity contribution in [1.29, 1.82) is 0 Å². The van der Waals surface area contributed by atoms with E-state index < -0.39 is 0 Å². The number of likely N-dealkylation sites (N-methyl/N-ethyl adjacent to an activating group) is 1. The Kier molecular flexibility index (Phi) is 6.21. The van der Waals surface area contributed by atoms with Crippen LogP contribution in [0.3, 0.4) is 0 Å². The molecule has 4 nitrogen and oxygen atoms in total. The number of piperidine rings is 1. The van der Waals surface area contributed by atoms with Crippen molar-refractivity contribution in [3.8, 4) is 0 Å². The summed E-state index contributed by atoms with van der Waals surface area (Å²) in [7, 11) is 0. The second kappa shape index (κ2) is 8.15. The first-order valence-electron chi connectivity index (χ1n) is 8.06. The number of amides is 1. The molecule has 0 spiro atoms. The van der Waals surface area contributed by atoms with Crippen LogP contribution in [0.25, 0.3) is 0 Å². The van der Waals surface area contributed by atoms with Crippen molar-refractivity contribution in [1.82, 2.24) is 15.5 Å². The minimum Gasteiger partial charge on any atom is -0.350 e. The van der Waals surface area contributed by atoms with Crippen LogP contribution in [0.1, 0.15) is 38.3 Å². The molecule has 2 unspecified atom stereocenters. The Morgan fingerprint density at radius 2 is 2.05 bits per heavy atom. The Bertz CT molecular complexity index is 425. The Morgan fingerprint density at radius 1 is 1.33 bits per heavy atom. The molecule has 4 heteroatoms. The minimum absolute atomic E-state index is 0.124. The number of hydrogen-bond acceptors (Lipinski definition) is 3. The van der Waals surface area contributed by atoms with Crippen LogP contribution < -0.4 is 10.6 Å². The van der Waals surface area contributed by atoms with Gasteiger partial charge in [0.2, 0.25) is 5.91 Å². The normalized spacial score (nSPS) is 20.2. The van der Waals surface area contributed by atoms with E-state index in [2.05, 4.69) is 29.4 Å². The molecule has 2 atom stereocenters. The van der Waals surface area contributed by atoms with Gasteiger partial charge in [0.05, 0.1) is 0 Å². The smallest absolute Gasteiger partial charge is 0.242 e. The molecule has 2 rings (SSSR count). The van der Waals surface area contributed by atoms with Gasteiger partial charge in [-0.15, -0.1) is 0 Å². The maximum atomic E-state index is 12.8. The number of benzene rings is 1. The highest BCUT2D eigenvalue weighted by Gasteiger charge is 2.27. The summed E-state index contributed by atoms with van der Waals surface area (Å²) >= 11 is 0. The molecule has 0 radical (unpaired) electrons. The van der Waals surface area contributed by atoms with Crippen molar-refractivity contribution in [2.24, 2.45) is 0 Å². The van der Waals surface area contributed by atoms with E-state index in [0.717, 1.165) is 44.6 Å². The molecule has 0 bridgehead atoms. The summed E-state index contributed by atoms with van der Waals surface area (Å²) in [6.45, 7) is 7.89. The van der Waals surface area contributed by atoms with E-state index in [1.54, 1.807) is 0 Å². The van der Waals surface area contributed by atoms with Gasteiger partial charge in [0.15, 0.2) is 0 Å². The Morgan fingerprint density at radius 3 is 2.62 bits per heavy atom. The fraction of sp³-hybridized carbons (Fsp3) is 0.588. The molecular formula is C17H27N3O. The molecule has 0 saturated carbocycles. The van der Waals surface area contributed by atoms with E-state index in [-0.39, 0.29) is 18.0 Å². The predicted octanol–water partition coefficient (Wildman–Crippen LogP) is 1.94. The molecule has 2 N–H and O–H groups in total. The molecule has 21 heavy (non-hydrogen) atoms. The van der Waals surface area contributed by atoms with Crippen LogP contribution in [0, 0.1) is 0 Å². The summed E-state index contributed by atoms with van der Waals surface area (Å²) in [5.74, 6) is 0.124. The van der Waals surface area contributed by atoms with E-state index in [9.17, 15) is 4.79 Å². The monoisotopic (exact) mass is 289 g/mol. The lowest BCUT2D eigenvalue weighted by Gasteiger charge is -2.32. The predicted molar refractivity (Wildman–Crippen MR) is 86.1 cm³/mol. The maximum Gasteiger partial charge on any atom is 0.242 e. The molecule has 1 saturated heterocycles. The zero-order valence-corrected chi connectivity index (χ0v) is 13.1.